The summed E-state index contributed by atoms with van der Waals surface area (Å²) in [7, 11) is -4.10. The molecule has 0 saturated carbocycles. The molecular formula is C3H10K2NO5P. The molecule has 64 valence electrons. The van der Waals surface area contributed by atoms with E-state index < -0.39 is 26.4 Å². The van der Waals surface area contributed by atoms with Crippen LogP contribution in [0.25, 0.3) is 0 Å². The number of hydrogen-bond donors (Lipinski definition) is 4. The van der Waals surface area contributed by atoms with Crippen molar-refractivity contribution in [2.24, 2.45) is 0 Å². The normalized spacial score (nSPS) is 9.50. The molecule has 0 rings (SSSR count). The zero-order valence-electron chi connectivity index (χ0n) is 9.02. The molecule has 0 fully saturated rings. The zero-order chi connectivity index (χ0) is 8.20. The molecule has 0 saturated heterocycles. The average Bonchev–Trinajstić information content (AvgIpc) is 1.59. The summed E-state index contributed by atoms with van der Waals surface area (Å²) in [4.78, 5) is 26.1. The van der Waals surface area contributed by atoms with E-state index in [4.69, 9.17) is 14.9 Å². The number of carbonyl (C=O) groups is 1. The van der Waals surface area contributed by atoms with E-state index in [0.717, 1.165) is 0 Å². The molecule has 0 spiro atoms. The van der Waals surface area contributed by atoms with Gasteiger partial charge in [-0.1, -0.05) is 0 Å². The molecule has 0 aromatic rings. The first kappa shape index (κ1) is 20.3. The fourth-order valence-electron chi connectivity index (χ4n) is 0.308. The standard InChI is InChI=1S/C3H8NO5P.2K.2H/c5-3(6)1-4-2-10(7,8)9;;;;/h4H,1-2H2,(H,5,6)(H2,7,8,9);;;;/q;2*+1;2*-1. The summed E-state index contributed by atoms with van der Waals surface area (Å²) >= 11 is 0. The minimum atomic E-state index is -4.10. The predicted octanol–water partition coefficient (Wildman–Crippen LogP) is -6.97. The quantitative estimate of drug-likeness (QED) is 0.291. The molecule has 0 aromatic carbocycles. The van der Waals surface area contributed by atoms with Crippen molar-refractivity contribution in [2.75, 3.05) is 12.8 Å². The van der Waals surface area contributed by atoms with Gasteiger partial charge in [0.25, 0.3) is 0 Å². The van der Waals surface area contributed by atoms with Crippen molar-refractivity contribution in [2.45, 2.75) is 0 Å². The first-order valence-corrected chi connectivity index (χ1v) is 4.18. The van der Waals surface area contributed by atoms with Crippen molar-refractivity contribution in [3.8, 4) is 0 Å². The topological polar surface area (TPSA) is 107 Å². The molecule has 0 radical (unpaired) electrons. The second-order valence-corrected chi connectivity index (χ2v) is 3.29. The molecule has 9 heteroatoms. The third kappa shape index (κ3) is 18.6. The van der Waals surface area contributed by atoms with Crippen LogP contribution in [0, 0.1) is 0 Å². The molecule has 0 heterocycles. The van der Waals surface area contributed by atoms with Crippen LogP contribution in [0.4, 0.5) is 0 Å². The van der Waals surface area contributed by atoms with E-state index in [1.54, 1.807) is 0 Å². The summed E-state index contributed by atoms with van der Waals surface area (Å²) in [6, 6.07) is 0. The van der Waals surface area contributed by atoms with Gasteiger partial charge >= 0.3 is 116 Å². The maximum absolute atomic E-state index is 10.1. The van der Waals surface area contributed by atoms with Crippen molar-refractivity contribution in [1.82, 2.24) is 5.32 Å². The number of nitrogens with one attached hydrogen (secondary N) is 1. The van der Waals surface area contributed by atoms with Gasteiger partial charge in [-0.15, -0.1) is 0 Å². The summed E-state index contributed by atoms with van der Waals surface area (Å²) in [5.74, 6) is -1.14. The Morgan fingerprint density at radius 1 is 1.42 bits per heavy atom. The van der Waals surface area contributed by atoms with Gasteiger partial charge < -0.3 is 17.7 Å². The van der Waals surface area contributed by atoms with Crippen LogP contribution < -0.4 is 108 Å². The Balaban J connectivity index is -0.0000000675. The maximum atomic E-state index is 10.1. The van der Waals surface area contributed by atoms with Gasteiger partial charge in [-0.05, 0) is 0 Å². The number of hydrogen-bond acceptors (Lipinski definition) is 3. The number of carboxylic acid groups (broad SMARTS) is 1. The Kier molecular flexibility index (Phi) is 17.5. The third-order valence-electron chi connectivity index (χ3n) is 0.594. The van der Waals surface area contributed by atoms with Crippen LogP contribution in [0.1, 0.15) is 2.85 Å². The van der Waals surface area contributed by atoms with Crippen LogP contribution in [0.2, 0.25) is 0 Å². The van der Waals surface area contributed by atoms with Crippen molar-refractivity contribution >= 4 is 13.6 Å². The molecule has 0 aromatic heterocycles. The van der Waals surface area contributed by atoms with Crippen molar-refractivity contribution in [3.63, 3.8) is 0 Å². The summed E-state index contributed by atoms with van der Waals surface area (Å²) in [6.45, 7) is -0.439. The molecule has 0 amide bonds. The van der Waals surface area contributed by atoms with Gasteiger partial charge in [-0.3, -0.25) is 14.7 Å². The molecule has 0 atom stereocenters. The Hall–Kier alpha value is 2.85. The minimum absolute atomic E-state index is 0. The second-order valence-electron chi connectivity index (χ2n) is 1.64. The minimum Gasteiger partial charge on any atom is -1.00 e. The van der Waals surface area contributed by atoms with Gasteiger partial charge in [0.15, 0.2) is 0 Å². The van der Waals surface area contributed by atoms with Crippen LogP contribution in [-0.4, -0.2) is 33.7 Å². The summed E-state index contributed by atoms with van der Waals surface area (Å²) < 4.78 is 10.1. The van der Waals surface area contributed by atoms with Gasteiger partial charge in [0.1, 0.15) is 0 Å². The molecular weight excluding hydrogens is 239 g/mol. The molecule has 0 aliphatic heterocycles. The Labute approximate surface area is 158 Å². The largest absolute Gasteiger partial charge is 1.00 e. The van der Waals surface area contributed by atoms with E-state index >= 15 is 0 Å². The van der Waals surface area contributed by atoms with E-state index in [0.29, 0.717) is 0 Å². The second kappa shape index (κ2) is 10.4. The van der Waals surface area contributed by atoms with E-state index in [-0.39, 0.29) is 106 Å². The summed E-state index contributed by atoms with van der Waals surface area (Å²) in [6.07, 6.45) is -0.598. The van der Waals surface area contributed by atoms with Crippen molar-refractivity contribution in [3.05, 3.63) is 0 Å². The van der Waals surface area contributed by atoms with Crippen LogP contribution >= 0.6 is 7.60 Å². The number of carboxylic acids is 1. The van der Waals surface area contributed by atoms with E-state index in [1.807, 2.05) is 0 Å². The molecule has 0 aliphatic rings. The first-order chi connectivity index (χ1) is 4.42. The van der Waals surface area contributed by atoms with Crippen LogP contribution in [0.3, 0.4) is 0 Å². The Bertz CT molecular complexity index is 178. The molecule has 4 N–H and O–H groups in total. The molecule has 0 bridgehead atoms. The fraction of sp³-hybridized carbons (Fsp3) is 0.667. The SMILES string of the molecule is O=C(O)CNCP(=O)(O)O.[H-].[H-].[K+].[K+]. The van der Waals surface area contributed by atoms with Crippen LogP contribution in [0.5, 0.6) is 0 Å². The van der Waals surface area contributed by atoms with Crippen molar-refractivity contribution in [1.29, 1.82) is 0 Å². The predicted molar refractivity (Wildman–Crippen MR) is 34.8 cm³/mol. The van der Waals surface area contributed by atoms with Gasteiger partial charge in [0, 0.05) is 0 Å². The average molecular weight is 249 g/mol. The van der Waals surface area contributed by atoms with Gasteiger partial charge in [0.05, 0.1) is 12.8 Å². The number of rotatable bonds is 4. The molecule has 0 unspecified atom stereocenters. The summed E-state index contributed by atoms with van der Waals surface area (Å²) in [5.41, 5.74) is 0. The molecule has 6 nitrogen and oxygen atoms in total. The van der Waals surface area contributed by atoms with E-state index in [1.165, 1.54) is 0 Å². The van der Waals surface area contributed by atoms with Gasteiger partial charge in [0.2, 0.25) is 0 Å². The smallest absolute Gasteiger partial charge is 1.00 e. The molecule has 12 heavy (non-hydrogen) atoms. The van der Waals surface area contributed by atoms with Crippen molar-refractivity contribution < 1.29 is 130 Å². The maximum Gasteiger partial charge on any atom is 1.00 e. The van der Waals surface area contributed by atoms with Gasteiger partial charge in [-0.25, -0.2) is 0 Å². The van der Waals surface area contributed by atoms with E-state index in [2.05, 4.69) is 5.32 Å². The van der Waals surface area contributed by atoms with E-state index in [9.17, 15) is 9.36 Å². The molecule has 0 aliphatic carbocycles. The Morgan fingerprint density at radius 2 is 1.83 bits per heavy atom. The first-order valence-electron chi connectivity index (χ1n) is 2.39. The summed E-state index contributed by atoms with van der Waals surface area (Å²) in [5, 5.41) is 10.1. The van der Waals surface area contributed by atoms with Crippen LogP contribution in [0.15, 0.2) is 0 Å². The monoisotopic (exact) mass is 249 g/mol. The third-order valence-corrected chi connectivity index (χ3v) is 1.23. The fourth-order valence-corrected chi connectivity index (χ4v) is 0.712. The zero-order valence-corrected chi connectivity index (χ0v) is 14.2. The Morgan fingerprint density at radius 3 is 2.08 bits per heavy atom. The number of aliphatic carboxylic acids is 1. The van der Waals surface area contributed by atoms with Gasteiger partial charge in [-0.2, -0.15) is 0 Å². The van der Waals surface area contributed by atoms with Crippen LogP contribution in [-0.2, 0) is 9.36 Å².